The molecule has 0 amide bonds. The third-order valence-electron chi connectivity index (χ3n) is 2.87. The van der Waals surface area contributed by atoms with Crippen molar-refractivity contribution in [2.75, 3.05) is 13.2 Å². The molecule has 0 atom stereocenters. The highest BCUT2D eigenvalue weighted by Crippen LogP contribution is 2.17. The Morgan fingerprint density at radius 1 is 1.29 bits per heavy atom. The first-order chi connectivity index (χ1) is 8.25. The number of hydrogen-bond acceptors (Lipinski definition) is 4. The zero-order chi connectivity index (χ0) is 12.1. The third-order valence-corrected chi connectivity index (χ3v) is 2.87. The molecule has 4 heteroatoms. The number of hydrogen-bond donors (Lipinski definition) is 1. The summed E-state index contributed by atoms with van der Waals surface area (Å²) in [6, 6.07) is 6.65. The molecule has 17 heavy (non-hydrogen) atoms. The molecule has 0 aliphatic carbocycles. The summed E-state index contributed by atoms with van der Waals surface area (Å²) < 4.78 is 10.4. The van der Waals surface area contributed by atoms with Crippen molar-refractivity contribution in [3.8, 4) is 5.75 Å². The molecule has 1 saturated heterocycles. The van der Waals surface area contributed by atoms with Gasteiger partial charge in [0.15, 0.2) is 0 Å². The smallest absolute Gasteiger partial charge is 0.309 e. The van der Waals surface area contributed by atoms with E-state index in [-0.39, 0.29) is 24.2 Å². The Morgan fingerprint density at radius 2 is 1.94 bits per heavy atom. The second kappa shape index (κ2) is 5.68. The van der Waals surface area contributed by atoms with Crippen molar-refractivity contribution >= 4 is 5.97 Å². The molecule has 0 saturated carbocycles. The Kier molecular flexibility index (Phi) is 3.98. The number of phenolic OH excluding ortho intramolecular Hbond substituents is 1. The monoisotopic (exact) mass is 236 g/mol. The number of phenols is 1. The first-order valence-corrected chi connectivity index (χ1v) is 5.78. The summed E-state index contributed by atoms with van der Waals surface area (Å²) in [7, 11) is 0. The number of esters is 1. The van der Waals surface area contributed by atoms with Gasteiger partial charge < -0.3 is 14.6 Å². The van der Waals surface area contributed by atoms with Crippen LogP contribution in [0.25, 0.3) is 0 Å². The van der Waals surface area contributed by atoms with Crippen LogP contribution in [0.3, 0.4) is 0 Å². The molecular weight excluding hydrogens is 220 g/mol. The number of benzene rings is 1. The SMILES string of the molecule is O=C(OCc1ccc(O)cc1)C1CCOCC1. The topological polar surface area (TPSA) is 55.8 Å². The molecule has 0 spiro atoms. The Balaban J connectivity index is 1.81. The van der Waals surface area contributed by atoms with Gasteiger partial charge in [0.2, 0.25) is 0 Å². The zero-order valence-electron chi connectivity index (χ0n) is 9.59. The van der Waals surface area contributed by atoms with Gasteiger partial charge in [0.1, 0.15) is 12.4 Å². The van der Waals surface area contributed by atoms with E-state index in [1.54, 1.807) is 24.3 Å². The molecule has 0 aromatic heterocycles. The summed E-state index contributed by atoms with van der Waals surface area (Å²) in [5.41, 5.74) is 0.878. The van der Waals surface area contributed by atoms with E-state index >= 15 is 0 Å². The molecule has 0 radical (unpaired) electrons. The van der Waals surface area contributed by atoms with E-state index in [1.165, 1.54) is 0 Å². The molecule has 92 valence electrons. The number of rotatable bonds is 3. The minimum absolute atomic E-state index is 0.0270. The van der Waals surface area contributed by atoms with Gasteiger partial charge in [-0.05, 0) is 30.5 Å². The van der Waals surface area contributed by atoms with Crippen LogP contribution in [0.4, 0.5) is 0 Å². The Hall–Kier alpha value is -1.55. The average molecular weight is 236 g/mol. The summed E-state index contributed by atoms with van der Waals surface area (Å²) in [6.45, 7) is 1.54. The molecule has 1 heterocycles. The van der Waals surface area contributed by atoms with Gasteiger partial charge in [-0.2, -0.15) is 0 Å². The van der Waals surface area contributed by atoms with E-state index < -0.39 is 0 Å². The van der Waals surface area contributed by atoms with E-state index in [9.17, 15) is 4.79 Å². The summed E-state index contributed by atoms with van der Waals surface area (Å²) in [5.74, 6) is 0.0340. The van der Waals surface area contributed by atoms with E-state index in [2.05, 4.69) is 0 Å². The van der Waals surface area contributed by atoms with E-state index in [0.29, 0.717) is 13.2 Å². The lowest BCUT2D eigenvalue weighted by molar-refractivity contribution is -0.153. The van der Waals surface area contributed by atoms with Crippen LogP contribution < -0.4 is 0 Å². The predicted molar refractivity (Wildman–Crippen MR) is 61.4 cm³/mol. The van der Waals surface area contributed by atoms with Crippen molar-refractivity contribution in [1.82, 2.24) is 0 Å². The quantitative estimate of drug-likeness (QED) is 0.814. The van der Waals surface area contributed by atoms with Crippen LogP contribution in [0.5, 0.6) is 5.75 Å². The second-order valence-corrected chi connectivity index (χ2v) is 4.16. The van der Waals surface area contributed by atoms with Gasteiger partial charge in [-0.3, -0.25) is 4.79 Å². The van der Waals surface area contributed by atoms with Crippen LogP contribution in [0, 0.1) is 5.92 Å². The molecule has 1 aromatic carbocycles. The first kappa shape index (κ1) is 11.9. The van der Waals surface area contributed by atoms with Gasteiger partial charge >= 0.3 is 5.97 Å². The average Bonchev–Trinajstić information content (AvgIpc) is 2.39. The van der Waals surface area contributed by atoms with Gasteiger partial charge in [-0.1, -0.05) is 12.1 Å². The van der Waals surface area contributed by atoms with Crippen LogP contribution in [0.1, 0.15) is 18.4 Å². The van der Waals surface area contributed by atoms with Gasteiger partial charge in [0, 0.05) is 13.2 Å². The van der Waals surface area contributed by atoms with Gasteiger partial charge in [-0.25, -0.2) is 0 Å². The highest BCUT2D eigenvalue weighted by Gasteiger charge is 2.22. The molecule has 2 rings (SSSR count). The molecule has 1 aliphatic rings. The largest absolute Gasteiger partial charge is 0.508 e. The van der Waals surface area contributed by atoms with Crippen molar-refractivity contribution < 1.29 is 19.4 Å². The van der Waals surface area contributed by atoms with Crippen LogP contribution in [-0.2, 0) is 20.9 Å². The highest BCUT2D eigenvalue weighted by molar-refractivity contribution is 5.72. The van der Waals surface area contributed by atoms with Crippen LogP contribution in [0.2, 0.25) is 0 Å². The van der Waals surface area contributed by atoms with E-state index in [4.69, 9.17) is 14.6 Å². The normalized spacial score (nSPS) is 16.7. The van der Waals surface area contributed by atoms with Crippen molar-refractivity contribution in [2.45, 2.75) is 19.4 Å². The summed E-state index contributed by atoms with van der Waals surface area (Å²) in [4.78, 5) is 11.7. The standard InChI is InChI=1S/C13H16O4/c14-12-3-1-10(2-4-12)9-17-13(15)11-5-7-16-8-6-11/h1-4,11,14H,5-9H2. The molecule has 1 aliphatic heterocycles. The maximum Gasteiger partial charge on any atom is 0.309 e. The fourth-order valence-corrected chi connectivity index (χ4v) is 1.80. The van der Waals surface area contributed by atoms with Gasteiger partial charge in [0.25, 0.3) is 0 Å². The van der Waals surface area contributed by atoms with Crippen molar-refractivity contribution in [3.63, 3.8) is 0 Å². The summed E-state index contributed by atoms with van der Waals surface area (Å²) in [5, 5.41) is 9.12. The van der Waals surface area contributed by atoms with Crippen molar-refractivity contribution in [3.05, 3.63) is 29.8 Å². The summed E-state index contributed by atoms with van der Waals surface area (Å²) >= 11 is 0. The fraction of sp³-hybridized carbons (Fsp3) is 0.462. The second-order valence-electron chi connectivity index (χ2n) is 4.16. The molecule has 0 unspecified atom stereocenters. The van der Waals surface area contributed by atoms with Crippen LogP contribution in [-0.4, -0.2) is 24.3 Å². The predicted octanol–water partition coefficient (Wildman–Crippen LogP) is 1.86. The van der Waals surface area contributed by atoms with E-state index in [1.807, 2.05) is 0 Å². The molecule has 1 fully saturated rings. The molecule has 0 bridgehead atoms. The zero-order valence-corrected chi connectivity index (χ0v) is 9.59. The van der Waals surface area contributed by atoms with Crippen LogP contribution >= 0.6 is 0 Å². The number of ether oxygens (including phenoxy) is 2. The molecule has 1 N–H and O–H groups in total. The minimum Gasteiger partial charge on any atom is -0.508 e. The van der Waals surface area contributed by atoms with Gasteiger partial charge in [-0.15, -0.1) is 0 Å². The minimum atomic E-state index is -0.152. The number of carbonyl (C=O) groups is 1. The number of carbonyl (C=O) groups excluding carboxylic acids is 1. The van der Waals surface area contributed by atoms with E-state index in [0.717, 1.165) is 18.4 Å². The summed E-state index contributed by atoms with van der Waals surface area (Å²) in [6.07, 6.45) is 1.49. The lowest BCUT2D eigenvalue weighted by Gasteiger charge is -2.20. The lowest BCUT2D eigenvalue weighted by Crippen LogP contribution is -2.25. The van der Waals surface area contributed by atoms with Crippen molar-refractivity contribution in [1.29, 1.82) is 0 Å². The first-order valence-electron chi connectivity index (χ1n) is 5.78. The van der Waals surface area contributed by atoms with Crippen LogP contribution in [0.15, 0.2) is 24.3 Å². The lowest BCUT2D eigenvalue weighted by atomic mass is 10.0. The fourth-order valence-electron chi connectivity index (χ4n) is 1.80. The van der Waals surface area contributed by atoms with Gasteiger partial charge in [0.05, 0.1) is 5.92 Å². The maximum atomic E-state index is 11.7. The Morgan fingerprint density at radius 3 is 2.59 bits per heavy atom. The Bertz CT molecular complexity index is 366. The highest BCUT2D eigenvalue weighted by atomic mass is 16.5. The maximum absolute atomic E-state index is 11.7. The molecular formula is C13H16O4. The van der Waals surface area contributed by atoms with Crippen molar-refractivity contribution in [2.24, 2.45) is 5.92 Å². The number of aromatic hydroxyl groups is 1. The molecule has 1 aromatic rings. The third kappa shape index (κ3) is 3.46. The Labute approximate surface area is 100 Å². The molecule has 4 nitrogen and oxygen atoms in total.